The molecule has 21 heavy (non-hydrogen) atoms. The third kappa shape index (κ3) is 6.08. The van der Waals surface area contributed by atoms with Crippen LogP contribution in [0.25, 0.3) is 0 Å². The van der Waals surface area contributed by atoms with Crippen LogP contribution < -0.4 is 10.1 Å². The molecule has 1 rings (SSSR count). The fourth-order valence-corrected chi connectivity index (χ4v) is 1.55. The number of hydrogen-bond donors (Lipinski definition) is 1. The normalized spacial score (nSPS) is 11.3. The number of esters is 1. The summed E-state index contributed by atoms with van der Waals surface area (Å²) in [4.78, 5) is 11.1. The predicted molar refractivity (Wildman–Crippen MR) is 75.1 cm³/mol. The number of hydrogen-bond acceptors (Lipinski definition) is 4. The minimum absolute atomic E-state index is 0.161. The lowest BCUT2D eigenvalue weighted by Gasteiger charge is -2.20. The molecule has 0 fully saturated rings. The van der Waals surface area contributed by atoms with Crippen molar-refractivity contribution in [1.29, 1.82) is 0 Å². The van der Waals surface area contributed by atoms with Crippen molar-refractivity contribution in [3.8, 4) is 5.75 Å². The van der Waals surface area contributed by atoms with E-state index in [0.717, 1.165) is 0 Å². The topological polar surface area (TPSA) is 47.6 Å². The zero-order valence-electron chi connectivity index (χ0n) is 12.8. The van der Waals surface area contributed by atoms with Crippen molar-refractivity contribution >= 4 is 5.97 Å². The predicted octanol–water partition coefficient (Wildman–Crippen LogP) is 2.79. The first-order valence-corrected chi connectivity index (χ1v) is 6.74. The fraction of sp³-hybridized carbons (Fsp3) is 0.533. The molecule has 1 aromatic rings. The zero-order valence-corrected chi connectivity index (χ0v) is 12.8. The maximum absolute atomic E-state index is 13.8. The van der Waals surface area contributed by atoms with E-state index in [1.54, 1.807) is 6.92 Å². The van der Waals surface area contributed by atoms with Gasteiger partial charge in [0.15, 0.2) is 24.0 Å². The largest absolute Gasteiger partial charge is 0.476 e. The van der Waals surface area contributed by atoms with E-state index in [-0.39, 0.29) is 12.1 Å². The minimum atomic E-state index is -0.843. The molecule has 0 aliphatic heterocycles. The first kappa shape index (κ1) is 17.4. The van der Waals surface area contributed by atoms with E-state index >= 15 is 0 Å². The van der Waals surface area contributed by atoms with Gasteiger partial charge < -0.3 is 14.8 Å². The number of carbonyl (C=O) groups excluding carboxylic acids is 1. The van der Waals surface area contributed by atoms with Crippen molar-refractivity contribution in [1.82, 2.24) is 5.32 Å². The second-order valence-electron chi connectivity index (χ2n) is 5.59. The van der Waals surface area contributed by atoms with Gasteiger partial charge in [0, 0.05) is 12.1 Å². The maximum Gasteiger partial charge on any atom is 0.344 e. The summed E-state index contributed by atoms with van der Waals surface area (Å²) in [6.45, 7) is 7.49. The number of nitrogens with one attached hydrogen (secondary N) is 1. The molecule has 0 unspecified atom stereocenters. The van der Waals surface area contributed by atoms with Crippen LogP contribution in [0.4, 0.5) is 8.78 Å². The van der Waals surface area contributed by atoms with Gasteiger partial charge in [-0.2, -0.15) is 0 Å². The van der Waals surface area contributed by atoms with Crippen LogP contribution in [0.1, 0.15) is 33.3 Å². The van der Waals surface area contributed by atoms with Crippen LogP contribution >= 0.6 is 0 Å². The first-order chi connectivity index (χ1) is 9.73. The Balaban J connectivity index is 2.73. The SMILES string of the molecule is CCOC(=O)COc1c(F)cc(CNC(C)(C)C)cc1F. The summed E-state index contributed by atoms with van der Waals surface area (Å²) in [7, 11) is 0. The molecule has 0 saturated heterocycles. The van der Waals surface area contributed by atoms with Crippen LogP contribution in [-0.2, 0) is 16.1 Å². The van der Waals surface area contributed by atoms with E-state index in [1.165, 1.54) is 12.1 Å². The van der Waals surface area contributed by atoms with Crippen LogP contribution in [-0.4, -0.2) is 24.7 Å². The van der Waals surface area contributed by atoms with Crippen LogP contribution in [0.3, 0.4) is 0 Å². The number of benzene rings is 1. The van der Waals surface area contributed by atoms with E-state index in [9.17, 15) is 13.6 Å². The first-order valence-electron chi connectivity index (χ1n) is 6.74. The Morgan fingerprint density at radius 2 is 1.81 bits per heavy atom. The molecule has 0 aliphatic carbocycles. The molecule has 0 bridgehead atoms. The summed E-state index contributed by atoms with van der Waals surface area (Å²) in [5.41, 5.74) is 0.301. The van der Waals surface area contributed by atoms with E-state index in [2.05, 4.69) is 10.1 Å². The van der Waals surface area contributed by atoms with Gasteiger partial charge in [0.25, 0.3) is 0 Å². The fourth-order valence-electron chi connectivity index (χ4n) is 1.55. The molecule has 0 saturated carbocycles. The lowest BCUT2D eigenvalue weighted by Crippen LogP contribution is -2.35. The van der Waals surface area contributed by atoms with Crippen LogP contribution in [0.2, 0.25) is 0 Å². The summed E-state index contributed by atoms with van der Waals surface area (Å²) >= 11 is 0. The van der Waals surface area contributed by atoms with Gasteiger partial charge >= 0.3 is 5.97 Å². The Bertz CT molecular complexity index is 475. The van der Waals surface area contributed by atoms with E-state index in [1.807, 2.05) is 20.8 Å². The molecule has 1 aromatic carbocycles. The van der Waals surface area contributed by atoms with Crippen LogP contribution in [0, 0.1) is 11.6 Å². The zero-order chi connectivity index (χ0) is 16.0. The monoisotopic (exact) mass is 301 g/mol. The lowest BCUT2D eigenvalue weighted by molar-refractivity contribution is -0.145. The molecule has 0 aromatic heterocycles. The highest BCUT2D eigenvalue weighted by atomic mass is 19.1. The lowest BCUT2D eigenvalue weighted by atomic mass is 10.1. The highest BCUT2D eigenvalue weighted by molar-refractivity contribution is 5.71. The Hall–Kier alpha value is -1.69. The van der Waals surface area contributed by atoms with Gasteiger partial charge in [0.1, 0.15) is 0 Å². The summed E-state index contributed by atoms with van der Waals surface area (Å²) in [5.74, 6) is -2.92. The Morgan fingerprint density at radius 3 is 2.29 bits per heavy atom. The molecule has 1 N–H and O–H groups in total. The van der Waals surface area contributed by atoms with E-state index in [4.69, 9.17) is 4.74 Å². The van der Waals surface area contributed by atoms with E-state index < -0.39 is 30.0 Å². The highest BCUT2D eigenvalue weighted by Gasteiger charge is 2.16. The third-order valence-corrected chi connectivity index (χ3v) is 2.52. The highest BCUT2D eigenvalue weighted by Crippen LogP contribution is 2.23. The third-order valence-electron chi connectivity index (χ3n) is 2.52. The molecule has 0 radical (unpaired) electrons. The minimum Gasteiger partial charge on any atom is -0.476 e. The Labute approximate surface area is 123 Å². The standard InChI is InChI=1S/C15H21F2NO3/c1-5-20-13(19)9-21-14-11(16)6-10(7-12(14)17)8-18-15(2,3)4/h6-7,18H,5,8-9H2,1-4H3. The van der Waals surface area contributed by atoms with Gasteiger partial charge in [-0.3, -0.25) is 0 Å². The summed E-state index contributed by atoms with van der Waals surface area (Å²) < 4.78 is 37.1. The van der Waals surface area contributed by atoms with Crippen molar-refractivity contribution in [3.63, 3.8) is 0 Å². The van der Waals surface area contributed by atoms with Crippen LogP contribution in [0.5, 0.6) is 5.75 Å². The number of ether oxygens (including phenoxy) is 2. The maximum atomic E-state index is 13.8. The van der Waals surface area contributed by atoms with Gasteiger partial charge in [0.05, 0.1) is 6.61 Å². The van der Waals surface area contributed by atoms with Gasteiger partial charge in [-0.1, -0.05) is 0 Å². The van der Waals surface area contributed by atoms with Crippen molar-refractivity contribution in [2.24, 2.45) is 0 Å². The average molecular weight is 301 g/mol. The molecule has 6 heteroatoms. The summed E-state index contributed by atoms with van der Waals surface area (Å²) in [6, 6.07) is 2.37. The number of halogens is 2. The second-order valence-corrected chi connectivity index (χ2v) is 5.59. The molecule has 4 nitrogen and oxygen atoms in total. The van der Waals surface area contributed by atoms with Crippen molar-refractivity contribution in [3.05, 3.63) is 29.3 Å². The Kier molecular flexibility index (Phi) is 6.08. The molecule has 0 spiro atoms. The summed E-state index contributed by atoms with van der Waals surface area (Å²) in [6.07, 6.45) is 0. The second kappa shape index (κ2) is 7.36. The quantitative estimate of drug-likeness (QED) is 0.821. The average Bonchev–Trinajstić information content (AvgIpc) is 2.35. The van der Waals surface area contributed by atoms with Crippen LogP contribution in [0.15, 0.2) is 12.1 Å². The molecule has 0 amide bonds. The molecule has 0 atom stereocenters. The molecule has 0 aliphatic rings. The van der Waals surface area contributed by atoms with Crippen molar-refractivity contribution in [2.75, 3.05) is 13.2 Å². The van der Waals surface area contributed by atoms with Crippen molar-refractivity contribution < 1.29 is 23.0 Å². The Morgan fingerprint density at radius 1 is 1.24 bits per heavy atom. The van der Waals surface area contributed by atoms with Gasteiger partial charge in [-0.25, -0.2) is 13.6 Å². The van der Waals surface area contributed by atoms with Gasteiger partial charge in [-0.05, 0) is 45.4 Å². The smallest absolute Gasteiger partial charge is 0.344 e. The van der Waals surface area contributed by atoms with E-state index in [0.29, 0.717) is 12.1 Å². The molecule has 0 heterocycles. The molecular formula is C15H21F2NO3. The number of carbonyl (C=O) groups is 1. The molecule has 118 valence electrons. The van der Waals surface area contributed by atoms with Gasteiger partial charge in [-0.15, -0.1) is 0 Å². The molecular weight excluding hydrogens is 280 g/mol. The van der Waals surface area contributed by atoms with Crippen molar-refractivity contribution in [2.45, 2.75) is 39.8 Å². The van der Waals surface area contributed by atoms with Gasteiger partial charge in [0.2, 0.25) is 0 Å². The summed E-state index contributed by atoms with van der Waals surface area (Å²) in [5, 5.41) is 3.13. The number of rotatable bonds is 6.